The van der Waals surface area contributed by atoms with E-state index in [1.807, 2.05) is 55.8 Å². The highest BCUT2D eigenvalue weighted by Gasteiger charge is 2.22. The summed E-state index contributed by atoms with van der Waals surface area (Å²) in [4.78, 5) is 25.6. The quantitative estimate of drug-likeness (QED) is 0.341. The van der Waals surface area contributed by atoms with Crippen molar-refractivity contribution in [1.29, 1.82) is 5.26 Å². The highest BCUT2D eigenvalue weighted by molar-refractivity contribution is 5.94. The predicted octanol–water partition coefficient (Wildman–Crippen LogP) is 2.76. The summed E-state index contributed by atoms with van der Waals surface area (Å²) in [6.07, 6.45) is 10.7. The number of aromatic nitrogens is 6. The average Bonchev–Trinajstić information content (AvgIpc) is 3.62. The molecule has 0 spiro atoms. The summed E-state index contributed by atoms with van der Waals surface area (Å²) < 4.78 is 3.45. The third-order valence-electron chi connectivity index (χ3n) is 6.66. The molecule has 190 valence electrons. The van der Waals surface area contributed by atoms with Crippen molar-refractivity contribution < 1.29 is 4.79 Å². The Kier molecular flexibility index (Phi) is 6.20. The van der Waals surface area contributed by atoms with Gasteiger partial charge >= 0.3 is 0 Å². The lowest BCUT2D eigenvalue weighted by Crippen LogP contribution is -2.49. The van der Waals surface area contributed by atoms with Crippen LogP contribution in [-0.2, 0) is 11.8 Å². The van der Waals surface area contributed by atoms with Crippen molar-refractivity contribution in [3.8, 4) is 40.2 Å². The van der Waals surface area contributed by atoms with E-state index >= 15 is 0 Å². The second kappa shape index (κ2) is 10.1. The molecule has 0 N–H and O–H groups in total. The van der Waals surface area contributed by atoms with E-state index in [4.69, 9.17) is 0 Å². The summed E-state index contributed by atoms with van der Waals surface area (Å²) in [7, 11) is 1.87. The molecule has 1 fully saturated rings. The van der Waals surface area contributed by atoms with Crippen molar-refractivity contribution >= 4 is 17.4 Å². The van der Waals surface area contributed by atoms with Crippen LogP contribution >= 0.6 is 0 Å². The lowest BCUT2D eigenvalue weighted by atomic mass is 10.0. The normalized spacial score (nSPS) is 13.1. The van der Waals surface area contributed by atoms with E-state index in [9.17, 15) is 10.1 Å². The number of aryl methyl sites for hydroxylation is 1. The van der Waals surface area contributed by atoms with Gasteiger partial charge in [0.25, 0.3) is 5.91 Å². The summed E-state index contributed by atoms with van der Waals surface area (Å²) >= 11 is 0. The number of hydrogen-bond acceptors (Lipinski definition) is 7. The Bertz CT molecular complexity index is 1760. The van der Waals surface area contributed by atoms with Crippen LogP contribution in [0.15, 0.2) is 73.6 Å². The van der Waals surface area contributed by atoms with Gasteiger partial charge in [0.2, 0.25) is 5.95 Å². The number of carbonyl (C=O) groups excluding carboxylic acids is 1. The standard InChI is InChI=1S/C29H23N9O/c1-35-19-25(18-33-35)22-13-26(28-23(14-30)17-34-38(28)20-22)24-15-31-29(32-16-24)37-11-9-36(10-12-37)27(39)8-7-21-5-3-2-4-6-21/h2-6,13,15-20H,9-12H2,1H3. The first kappa shape index (κ1) is 23.9. The number of anilines is 1. The number of benzene rings is 1. The maximum Gasteiger partial charge on any atom is 0.298 e. The van der Waals surface area contributed by atoms with Crippen LogP contribution in [0.25, 0.3) is 27.8 Å². The Morgan fingerprint density at radius 3 is 2.36 bits per heavy atom. The van der Waals surface area contributed by atoms with E-state index < -0.39 is 0 Å². The van der Waals surface area contributed by atoms with Crippen LogP contribution in [0.4, 0.5) is 5.95 Å². The van der Waals surface area contributed by atoms with Crippen molar-refractivity contribution in [2.45, 2.75) is 0 Å². The molecule has 1 aliphatic rings. The number of nitriles is 1. The maximum absolute atomic E-state index is 12.6. The van der Waals surface area contributed by atoms with Gasteiger partial charge in [-0.2, -0.15) is 15.5 Å². The zero-order valence-corrected chi connectivity index (χ0v) is 21.2. The highest BCUT2D eigenvalue weighted by atomic mass is 16.2. The SMILES string of the molecule is Cn1cc(-c2cc(-c3cnc(N4CCN(C(=O)C#Cc5ccccc5)CC4)nc3)c3c(C#N)cnn3c2)cn1. The van der Waals surface area contributed by atoms with Crippen LogP contribution in [-0.4, -0.2) is 66.3 Å². The minimum Gasteiger partial charge on any atom is -0.337 e. The third-order valence-corrected chi connectivity index (χ3v) is 6.66. The molecule has 5 heterocycles. The molecule has 10 nitrogen and oxygen atoms in total. The van der Waals surface area contributed by atoms with Gasteiger partial charge in [-0.3, -0.25) is 9.48 Å². The third kappa shape index (κ3) is 4.79. The zero-order chi connectivity index (χ0) is 26.8. The van der Waals surface area contributed by atoms with Gasteiger partial charge in [-0.25, -0.2) is 14.5 Å². The fourth-order valence-corrected chi connectivity index (χ4v) is 4.61. The number of rotatable bonds is 3. The van der Waals surface area contributed by atoms with E-state index in [0.717, 1.165) is 27.8 Å². The number of pyridine rings is 1. The van der Waals surface area contributed by atoms with Gasteiger partial charge in [0.15, 0.2) is 0 Å². The fourth-order valence-electron chi connectivity index (χ4n) is 4.61. The molecule has 4 aromatic heterocycles. The Labute approximate surface area is 224 Å². The molecule has 1 amide bonds. The van der Waals surface area contributed by atoms with Gasteiger partial charge in [-0.15, -0.1) is 0 Å². The first-order valence-corrected chi connectivity index (χ1v) is 12.4. The van der Waals surface area contributed by atoms with E-state index in [-0.39, 0.29) is 5.91 Å². The van der Waals surface area contributed by atoms with Crippen LogP contribution < -0.4 is 4.90 Å². The van der Waals surface area contributed by atoms with Crippen LogP contribution in [0.5, 0.6) is 0 Å². The summed E-state index contributed by atoms with van der Waals surface area (Å²) in [5.41, 5.74) is 5.43. The van der Waals surface area contributed by atoms with Crippen molar-refractivity contribution in [3.63, 3.8) is 0 Å². The van der Waals surface area contributed by atoms with Crippen molar-refractivity contribution in [2.75, 3.05) is 31.1 Å². The van der Waals surface area contributed by atoms with Gasteiger partial charge in [-0.05, 0) is 18.2 Å². The van der Waals surface area contributed by atoms with Gasteiger partial charge in [0.05, 0.1) is 23.5 Å². The zero-order valence-electron chi connectivity index (χ0n) is 21.2. The van der Waals surface area contributed by atoms with Crippen molar-refractivity contribution in [3.05, 3.63) is 84.7 Å². The van der Waals surface area contributed by atoms with E-state index in [0.29, 0.717) is 43.2 Å². The van der Waals surface area contributed by atoms with E-state index in [2.05, 4.69) is 43.0 Å². The molecule has 0 saturated carbocycles. The minimum absolute atomic E-state index is 0.179. The molecule has 39 heavy (non-hydrogen) atoms. The molecular formula is C29H23N9O. The second-order valence-corrected chi connectivity index (χ2v) is 9.18. The molecule has 0 bridgehead atoms. The number of piperazine rings is 1. The molecule has 0 radical (unpaired) electrons. The van der Waals surface area contributed by atoms with Crippen molar-refractivity contribution in [1.82, 2.24) is 34.3 Å². The average molecular weight is 514 g/mol. The predicted molar refractivity (Wildman–Crippen MR) is 145 cm³/mol. The summed E-state index contributed by atoms with van der Waals surface area (Å²) in [6.45, 7) is 2.31. The van der Waals surface area contributed by atoms with Gasteiger partial charge in [0, 0.05) is 91.8 Å². The molecule has 0 atom stereocenters. The fraction of sp³-hybridized carbons (Fsp3) is 0.172. The topological polar surface area (TPSA) is 108 Å². The molecule has 5 aromatic rings. The minimum atomic E-state index is -0.179. The summed E-state index contributed by atoms with van der Waals surface area (Å²) in [6, 6.07) is 13.7. The number of fused-ring (bicyclic) bond motifs is 1. The van der Waals surface area contributed by atoms with E-state index in [1.165, 1.54) is 0 Å². The van der Waals surface area contributed by atoms with Gasteiger partial charge in [0.1, 0.15) is 6.07 Å². The smallest absolute Gasteiger partial charge is 0.298 e. The highest BCUT2D eigenvalue weighted by Crippen LogP contribution is 2.31. The first-order chi connectivity index (χ1) is 19.1. The monoisotopic (exact) mass is 513 g/mol. The molecule has 6 rings (SSSR count). The molecule has 10 heteroatoms. The van der Waals surface area contributed by atoms with Gasteiger partial charge in [-0.1, -0.05) is 24.1 Å². The van der Waals surface area contributed by atoms with Crippen molar-refractivity contribution in [2.24, 2.45) is 7.05 Å². The Hall–Kier alpha value is -5.48. The largest absolute Gasteiger partial charge is 0.337 e. The second-order valence-electron chi connectivity index (χ2n) is 9.18. The number of carbonyl (C=O) groups is 1. The van der Waals surface area contributed by atoms with Gasteiger partial charge < -0.3 is 9.80 Å². The maximum atomic E-state index is 12.6. The lowest BCUT2D eigenvalue weighted by Gasteiger charge is -2.33. The number of hydrogen-bond donors (Lipinski definition) is 0. The number of amides is 1. The molecule has 0 unspecified atom stereocenters. The van der Waals surface area contributed by atoms with E-state index in [1.54, 1.807) is 38.9 Å². The Balaban J connectivity index is 1.21. The van der Waals surface area contributed by atoms with Crippen LogP contribution in [0.3, 0.4) is 0 Å². The Morgan fingerprint density at radius 1 is 0.897 bits per heavy atom. The van der Waals surface area contributed by atoms with Crippen LogP contribution in [0.2, 0.25) is 0 Å². The van der Waals surface area contributed by atoms with Crippen LogP contribution in [0.1, 0.15) is 11.1 Å². The summed E-state index contributed by atoms with van der Waals surface area (Å²) in [5, 5.41) is 18.3. The first-order valence-electron chi connectivity index (χ1n) is 12.4. The molecular weight excluding hydrogens is 490 g/mol. The van der Waals surface area contributed by atoms with Crippen LogP contribution in [0, 0.1) is 23.2 Å². The number of nitrogens with zero attached hydrogens (tertiary/aromatic N) is 9. The summed E-state index contributed by atoms with van der Waals surface area (Å²) in [5.74, 6) is 6.08. The molecule has 1 aliphatic heterocycles. The molecule has 0 aliphatic carbocycles. The Morgan fingerprint density at radius 2 is 1.67 bits per heavy atom. The molecule has 1 aromatic carbocycles. The lowest BCUT2D eigenvalue weighted by molar-refractivity contribution is -0.125. The molecule has 1 saturated heterocycles.